The predicted octanol–water partition coefficient (Wildman–Crippen LogP) is 1.38. The highest BCUT2D eigenvalue weighted by Crippen LogP contribution is 2.38. The van der Waals surface area contributed by atoms with Crippen LogP contribution in [0.5, 0.6) is 11.5 Å². The second-order valence-electron chi connectivity index (χ2n) is 7.86. The third-order valence-corrected chi connectivity index (χ3v) is 6.00. The normalized spacial score (nSPS) is 17.9. The number of aryl methyl sites for hydroxylation is 1. The molecule has 4 heterocycles. The molecule has 1 amide bonds. The highest BCUT2D eigenvalue weighted by Gasteiger charge is 2.32. The molecule has 9 heteroatoms. The van der Waals surface area contributed by atoms with Gasteiger partial charge in [0.2, 0.25) is 0 Å². The van der Waals surface area contributed by atoms with Crippen molar-refractivity contribution in [2.75, 3.05) is 19.8 Å². The lowest BCUT2D eigenvalue weighted by Crippen LogP contribution is -2.37. The summed E-state index contributed by atoms with van der Waals surface area (Å²) in [4.78, 5) is 44.1. The van der Waals surface area contributed by atoms with E-state index in [1.54, 1.807) is 11.9 Å². The lowest BCUT2D eigenvalue weighted by Gasteiger charge is -2.27. The molecule has 5 rings (SSSR count). The Bertz CT molecular complexity index is 1330. The molecule has 3 aromatic rings. The summed E-state index contributed by atoms with van der Waals surface area (Å²) in [7, 11) is 2.97. The number of amides is 1. The monoisotopic (exact) mass is 422 g/mol. The Balaban J connectivity index is 1.51. The number of rotatable bonds is 2. The molecule has 1 unspecified atom stereocenters. The lowest BCUT2D eigenvalue weighted by molar-refractivity contribution is 0.0735. The SMILES string of the molecule is Cn1c(=O)c2cc(C(=O)N3CCCC3c3ccc4c(c3)OCCO4)cnc2n(C)c1=O. The summed E-state index contributed by atoms with van der Waals surface area (Å²) >= 11 is 0. The molecule has 0 saturated carbocycles. The summed E-state index contributed by atoms with van der Waals surface area (Å²) in [5.41, 5.74) is 0.650. The Kier molecular flexibility index (Phi) is 4.53. The molecular formula is C22H22N4O5. The third-order valence-electron chi connectivity index (χ3n) is 6.00. The molecule has 0 aliphatic carbocycles. The first-order valence-electron chi connectivity index (χ1n) is 10.2. The summed E-state index contributed by atoms with van der Waals surface area (Å²) in [6.07, 6.45) is 3.15. The summed E-state index contributed by atoms with van der Waals surface area (Å²) in [5.74, 6) is 1.22. The zero-order valence-electron chi connectivity index (χ0n) is 17.3. The van der Waals surface area contributed by atoms with E-state index in [0.717, 1.165) is 23.0 Å². The van der Waals surface area contributed by atoms with E-state index in [1.807, 2.05) is 18.2 Å². The van der Waals surface area contributed by atoms with Crippen LogP contribution in [0, 0.1) is 0 Å². The van der Waals surface area contributed by atoms with Crippen LogP contribution in [0.25, 0.3) is 11.0 Å². The first kappa shape index (κ1) is 19.3. The summed E-state index contributed by atoms with van der Waals surface area (Å²) in [6, 6.07) is 7.23. The molecule has 1 atom stereocenters. The number of aromatic nitrogens is 3. The molecule has 0 spiro atoms. The first-order valence-corrected chi connectivity index (χ1v) is 10.2. The van der Waals surface area contributed by atoms with Gasteiger partial charge in [-0.1, -0.05) is 6.07 Å². The van der Waals surface area contributed by atoms with Gasteiger partial charge in [0.05, 0.1) is 17.0 Å². The van der Waals surface area contributed by atoms with Gasteiger partial charge in [0, 0.05) is 26.8 Å². The maximum Gasteiger partial charge on any atom is 0.332 e. The molecule has 2 aliphatic rings. The van der Waals surface area contributed by atoms with E-state index < -0.39 is 11.2 Å². The van der Waals surface area contributed by atoms with E-state index in [9.17, 15) is 14.4 Å². The highest BCUT2D eigenvalue weighted by atomic mass is 16.6. The molecule has 0 radical (unpaired) electrons. The van der Waals surface area contributed by atoms with E-state index in [4.69, 9.17) is 9.47 Å². The molecule has 0 N–H and O–H groups in total. The third kappa shape index (κ3) is 3.08. The van der Waals surface area contributed by atoms with Crippen molar-refractivity contribution in [2.24, 2.45) is 14.1 Å². The molecule has 0 bridgehead atoms. The van der Waals surface area contributed by atoms with Crippen molar-refractivity contribution < 1.29 is 14.3 Å². The van der Waals surface area contributed by atoms with E-state index in [1.165, 1.54) is 23.9 Å². The average Bonchev–Trinajstić information content (AvgIpc) is 3.30. The molecule has 1 saturated heterocycles. The van der Waals surface area contributed by atoms with Crippen LogP contribution in [0.4, 0.5) is 0 Å². The summed E-state index contributed by atoms with van der Waals surface area (Å²) in [5, 5.41) is 0.241. The van der Waals surface area contributed by atoms with Crippen LogP contribution in [-0.4, -0.2) is 44.7 Å². The number of likely N-dealkylation sites (tertiary alicyclic amines) is 1. The standard InChI is InChI=1S/C22H22N4O5/c1-24-19-15(21(28)25(2)22(24)29)10-14(12-23-19)20(27)26-7-3-4-16(26)13-5-6-17-18(11-13)31-9-8-30-17/h5-6,10-12,16H,3-4,7-9H2,1-2H3. The number of pyridine rings is 1. The number of hydrogen-bond donors (Lipinski definition) is 0. The molecule has 1 aromatic carbocycles. The predicted molar refractivity (Wildman–Crippen MR) is 113 cm³/mol. The fourth-order valence-electron chi connectivity index (χ4n) is 4.37. The van der Waals surface area contributed by atoms with E-state index >= 15 is 0 Å². The van der Waals surface area contributed by atoms with Crippen molar-refractivity contribution in [3.05, 3.63) is 62.4 Å². The Morgan fingerprint density at radius 3 is 2.65 bits per heavy atom. The van der Waals surface area contributed by atoms with Crippen molar-refractivity contribution in [1.82, 2.24) is 19.0 Å². The minimum Gasteiger partial charge on any atom is -0.486 e. The van der Waals surface area contributed by atoms with Crippen molar-refractivity contribution in [2.45, 2.75) is 18.9 Å². The zero-order chi connectivity index (χ0) is 21.7. The number of carbonyl (C=O) groups is 1. The average molecular weight is 422 g/mol. The molecular weight excluding hydrogens is 400 g/mol. The summed E-state index contributed by atoms with van der Waals surface area (Å²) in [6.45, 7) is 1.64. The van der Waals surface area contributed by atoms with E-state index in [-0.39, 0.29) is 23.0 Å². The summed E-state index contributed by atoms with van der Waals surface area (Å²) < 4.78 is 13.6. The van der Waals surface area contributed by atoms with Crippen LogP contribution in [0.15, 0.2) is 40.1 Å². The second-order valence-corrected chi connectivity index (χ2v) is 7.86. The van der Waals surface area contributed by atoms with Crippen LogP contribution < -0.4 is 20.7 Å². The number of carbonyl (C=O) groups excluding carboxylic acids is 1. The molecule has 160 valence electrons. The molecule has 2 aromatic heterocycles. The van der Waals surface area contributed by atoms with Crippen molar-refractivity contribution >= 4 is 16.9 Å². The number of nitrogens with zero attached hydrogens (tertiary/aromatic N) is 4. The fraction of sp³-hybridized carbons (Fsp3) is 0.364. The van der Waals surface area contributed by atoms with Gasteiger partial charge in [-0.05, 0) is 36.6 Å². The van der Waals surface area contributed by atoms with Gasteiger partial charge in [-0.3, -0.25) is 18.7 Å². The van der Waals surface area contributed by atoms with Crippen molar-refractivity contribution in [1.29, 1.82) is 0 Å². The van der Waals surface area contributed by atoms with Crippen molar-refractivity contribution in [3.63, 3.8) is 0 Å². The Hall–Kier alpha value is -3.62. The van der Waals surface area contributed by atoms with Crippen molar-refractivity contribution in [3.8, 4) is 11.5 Å². The lowest BCUT2D eigenvalue weighted by atomic mass is 10.0. The second kappa shape index (κ2) is 7.26. The van der Waals surface area contributed by atoms with Gasteiger partial charge in [0.25, 0.3) is 11.5 Å². The van der Waals surface area contributed by atoms with Gasteiger partial charge in [0.15, 0.2) is 11.5 Å². The first-order chi connectivity index (χ1) is 15.0. The van der Waals surface area contributed by atoms with Gasteiger partial charge in [-0.25, -0.2) is 9.78 Å². The Morgan fingerprint density at radius 1 is 1.06 bits per heavy atom. The molecule has 31 heavy (non-hydrogen) atoms. The van der Waals surface area contributed by atoms with Crippen LogP contribution in [0.2, 0.25) is 0 Å². The van der Waals surface area contributed by atoms with Gasteiger partial charge in [-0.15, -0.1) is 0 Å². The maximum absolute atomic E-state index is 13.4. The van der Waals surface area contributed by atoms with Crippen LogP contribution in [-0.2, 0) is 14.1 Å². The Morgan fingerprint density at radius 2 is 1.84 bits per heavy atom. The number of fused-ring (bicyclic) bond motifs is 2. The highest BCUT2D eigenvalue weighted by molar-refractivity contribution is 5.97. The van der Waals surface area contributed by atoms with E-state index in [2.05, 4.69) is 4.98 Å². The van der Waals surface area contributed by atoms with E-state index in [0.29, 0.717) is 36.8 Å². The van der Waals surface area contributed by atoms with Crippen LogP contribution in [0.1, 0.15) is 34.8 Å². The van der Waals surface area contributed by atoms with Gasteiger partial charge >= 0.3 is 5.69 Å². The minimum absolute atomic E-state index is 0.0954. The van der Waals surface area contributed by atoms with Crippen LogP contribution in [0.3, 0.4) is 0 Å². The Labute approximate surface area is 177 Å². The smallest absolute Gasteiger partial charge is 0.332 e. The molecule has 2 aliphatic heterocycles. The number of hydrogen-bond acceptors (Lipinski definition) is 6. The zero-order valence-corrected chi connectivity index (χ0v) is 17.3. The van der Waals surface area contributed by atoms with Crippen LogP contribution >= 0.6 is 0 Å². The topological polar surface area (TPSA) is 95.7 Å². The minimum atomic E-state index is -0.468. The fourth-order valence-corrected chi connectivity index (χ4v) is 4.37. The molecule has 1 fully saturated rings. The maximum atomic E-state index is 13.4. The van der Waals surface area contributed by atoms with Gasteiger partial charge < -0.3 is 14.4 Å². The van der Waals surface area contributed by atoms with Gasteiger partial charge in [-0.2, -0.15) is 0 Å². The quantitative estimate of drug-likeness (QED) is 0.619. The largest absolute Gasteiger partial charge is 0.486 e. The number of benzene rings is 1. The molecule has 9 nitrogen and oxygen atoms in total. The number of ether oxygens (including phenoxy) is 2. The van der Waals surface area contributed by atoms with Gasteiger partial charge in [0.1, 0.15) is 18.9 Å².